The lowest BCUT2D eigenvalue weighted by Gasteiger charge is -2.04. The Morgan fingerprint density at radius 3 is 0.950 bits per heavy atom. The first kappa shape index (κ1) is 28.2. The van der Waals surface area contributed by atoms with Crippen LogP contribution in [0.25, 0.3) is 0 Å². The van der Waals surface area contributed by atoms with Crippen LogP contribution in [0.1, 0.15) is 109 Å². The van der Waals surface area contributed by atoms with Gasteiger partial charge in [-0.1, -0.05) is 109 Å². The van der Waals surface area contributed by atoms with Gasteiger partial charge >= 0.3 is 0 Å². The van der Waals surface area contributed by atoms with Crippen LogP contribution >= 0.6 is 0 Å². The van der Waals surface area contributed by atoms with Crippen LogP contribution in [0.2, 0.25) is 0 Å². The molecule has 0 aromatic rings. The first-order chi connectivity index (χ1) is 9.00. The monoisotopic (exact) mass is 288 g/mol. The SMILES string of the molecule is CC(C)C.CC(C)C.CC(C)C.CCCCC(C)CC. The summed E-state index contributed by atoms with van der Waals surface area (Å²) in [6.07, 6.45) is 5.53. The minimum atomic E-state index is 0.833. The standard InChI is InChI=1S/C8H18.3C4H10/c1-4-6-7-8(3)5-2;3*1-4(2)3/h8H,4-7H2,1-3H3;3*4H,1-3H3. The van der Waals surface area contributed by atoms with E-state index < -0.39 is 0 Å². The number of hydrogen-bond donors (Lipinski definition) is 0. The van der Waals surface area contributed by atoms with Crippen molar-refractivity contribution >= 4 is 0 Å². The Morgan fingerprint density at radius 2 is 0.800 bits per heavy atom. The average Bonchev–Trinajstić information content (AvgIpc) is 2.23. The zero-order valence-corrected chi connectivity index (χ0v) is 17.1. The number of rotatable bonds is 4. The fourth-order valence-electron chi connectivity index (χ4n) is 0.757. The predicted molar refractivity (Wildman–Crippen MR) is 101 cm³/mol. The van der Waals surface area contributed by atoms with E-state index in [1.807, 2.05) is 0 Å². The van der Waals surface area contributed by atoms with Gasteiger partial charge in [-0.15, -0.1) is 0 Å². The summed E-state index contributed by atoms with van der Waals surface area (Å²) in [7, 11) is 0. The second-order valence-electron chi connectivity index (χ2n) is 7.85. The quantitative estimate of drug-likeness (QED) is 0.489. The Labute approximate surface area is 133 Å². The maximum Gasteiger partial charge on any atom is -0.0445 e. The van der Waals surface area contributed by atoms with Crippen molar-refractivity contribution in [2.45, 2.75) is 109 Å². The molecule has 0 aliphatic heterocycles. The summed E-state index contributed by atoms with van der Waals surface area (Å²) >= 11 is 0. The van der Waals surface area contributed by atoms with Crippen molar-refractivity contribution in [2.75, 3.05) is 0 Å². The van der Waals surface area contributed by atoms with Crippen LogP contribution in [-0.2, 0) is 0 Å². The molecule has 0 saturated heterocycles. The Kier molecular flexibility index (Phi) is 33.9. The molecule has 0 heteroatoms. The molecule has 0 aromatic carbocycles. The van der Waals surface area contributed by atoms with Crippen LogP contribution < -0.4 is 0 Å². The Hall–Kier alpha value is 0. The van der Waals surface area contributed by atoms with Gasteiger partial charge in [0.2, 0.25) is 0 Å². The topological polar surface area (TPSA) is 0 Å². The van der Waals surface area contributed by atoms with Gasteiger partial charge in [0.05, 0.1) is 0 Å². The predicted octanol–water partition coefficient (Wildman–Crippen LogP) is 8.21. The molecule has 0 nitrogen and oxygen atoms in total. The third-order valence-electron chi connectivity index (χ3n) is 1.75. The van der Waals surface area contributed by atoms with Crippen molar-refractivity contribution in [3.05, 3.63) is 0 Å². The molecule has 0 amide bonds. The molecule has 1 atom stereocenters. The van der Waals surface area contributed by atoms with Crippen molar-refractivity contribution in [2.24, 2.45) is 23.7 Å². The number of hydrogen-bond acceptors (Lipinski definition) is 0. The highest BCUT2D eigenvalue weighted by Gasteiger charge is 1.94. The summed E-state index contributed by atoms with van der Waals surface area (Å²) in [6.45, 7) is 26.3. The second kappa shape index (κ2) is 24.0. The first-order valence-corrected chi connectivity index (χ1v) is 9.00. The number of unbranched alkanes of at least 4 members (excludes halogenated alkanes) is 1. The van der Waals surface area contributed by atoms with Gasteiger partial charge in [-0.25, -0.2) is 0 Å². The van der Waals surface area contributed by atoms with Crippen molar-refractivity contribution in [1.29, 1.82) is 0 Å². The van der Waals surface area contributed by atoms with Crippen molar-refractivity contribution in [3.63, 3.8) is 0 Å². The minimum absolute atomic E-state index is 0.833. The van der Waals surface area contributed by atoms with Gasteiger partial charge in [0.15, 0.2) is 0 Å². The average molecular weight is 289 g/mol. The molecule has 0 N–H and O–H groups in total. The lowest BCUT2D eigenvalue weighted by Crippen LogP contribution is -1.89. The van der Waals surface area contributed by atoms with Crippen LogP contribution in [0.5, 0.6) is 0 Å². The summed E-state index contributed by atoms with van der Waals surface area (Å²) in [5.41, 5.74) is 0. The zero-order chi connectivity index (χ0) is 17.1. The van der Waals surface area contributed by atoms with E-state index in [-0.39, 0.29) is 0 Å². The zero-order valence-electron chi connectivity index (χ0n) is 17.1. The van der Waals surface area contributed by atoms with E-state index in [1.165, 1.54) is 25.7 Å². The van der Waals surface area contributed by atoms with Crippen LogP contribution in [0.4, 0.5) is 0 Å². The highest BCUT2D eigenvalue weighted by molar-refractivity contribution is 4.47. The Morgan fingerprint density at radius 1 is 0.550 bits per heavy atom. The Balaban J connectivity index is -0.0000000917. The van der Waals surface area contributed by atoms with Crippen LogP contribution in [0.3, 0.4) is 0 Å². The van der Waals surface area contributed by atoms with E-state index in [4.69, 9.17) is 0 Å². The molecule has 0 heterocycles. The largest absolute Gasteiger partial charge is 0.0654 e. The van der Waals surface area contributed by atoms with Gasteiger partial charge in [0.25, 0.3) is 0 Å². The van der Waals surface area contributed by atoms with E-state index in [1.54, 1.807) is 0 Å². The summed E-state index contributed by atoms with van der Waals surface area (Å²) in [6, 6.07) is 0. The van der Waals surface area contributed by atoms with Crippen molar-refractivity contribution in [1.82, 2.24) is 0 Å². The van der Waals surface area contributed by atoms with Crippen molar-refractivity contribution in [3.8, 4) is 0 Å². The molecule has 20 heavy (non-hydrogen) atoms. The van der Waals surface area contributed by atoms with Gasteiger partial charge in [-0.2, -0.15) is 0 Å². The minimum Gasteiger partial charge on any atom is -0.0654 e. The van der Waals surface area contributed by atoms with Gasteiger partial charge < -0.3 is 0 Å². The second-order valence-corrected chi connectivity index (χ2v) is 7.85. The van der Waals surface area contributed by atoms with Crippen LogP contribution in [-0.4, -0.2) is 0 Å². The van der Waals surface area contributed by atoms with Gasteiger partial charge in [0, 0.05) is 0 Å². The highest BCUT2D eigenvalue weighted by Crippen LogP contribution is 2.09. The first-order valence-electron chi connectivity index (χ1n) is 9.00. The molecule has 0 aromatic heterocycles. The molecular formula is C20H48. The molecule has 128 valence electrons. The molecule has 0 radical (unpaired) electrons. The lowest BCUT2D eigenvalue weighted by atomic mass is 10.0. The summed E-state index contributed by atoms with van der Waals surface area (Å²) in [4.78, 5) is 0. The third-order valence-corrected chi connectivity index (χ3v) is 1.75. The molecule has 0 aliphatic rings. The van der Waals surface area contributed by atoms with Crippen LogP contribution in [0, 0.1) is 23.7 Å². The van der Waals surface area contributed by atoms with E-state index in [2.05, 4.69) is 83.1 Å². The molecule has 0 fully saturated rings. The van der Waals surface area contributed by atoms with Gasteiger partial charge in [0.1, 0.15) is 0 Å². The van der Waals surface area contributed by atoms with Gasteiger partial charge in [-0.3, -0.25) is 0 Å². The normalized spacial score (nSPS) is 10.9. The highest BCUT2D eigenvalue weighted by atomic mass is 14.0. The lowest BCUT2D eigenvalue weighted by molar-refractivity contribution is 0.492. The molecular weight excluding hydrogens is 240 g/mol. The van der Waals surface area contributed by atoms with E-state index >= 15 is 0 Å². The molecule has 0 rings (SSSR count). The summed E-state index contributed by atoms with van der Waals surface area (Å²) in [5.74, 6) is 3.45. The maximum absolute atomic E-state index is 2.33. The summed E-state index contributed by atoms with van der Waals surface area (Å²) in [5, 5.41) is 0. The van der Waals surface area contributed by atoms with Gasteiger partial charge in [-0.05, 0) is 23.7 Å². The third kappa shape index (κ3) is 144. The fourth-order valence-corrected chi connectivity index (χ4v) is 0.757. The fraction of sp³-hybridized carbons (Fsp3) is 1.00. The molecule has 1 unspecified atom stereocenters. The smallest absolute Gasteiger partial charge is 0.0445 e. The molecule has 0 spiro atoms. The Bertz CT molecular complexity index is 99.5. The van der Waals surface area contributed by atoms with E-state index in [0.717, 1.165) is 23.7 Å². The molecule has 0 aliphatic carbocycles. The maximum atomic E-state index is 2.33. The molecule has 0 saturated carbocycles. The van der Waals surface area contributed by atoms with Crippen LogP contribution in [0.15, 0.2) is 0 Å². The summed E-state index contributed by atoms with van der Waals surface area (Å²) < 4.78 is 0. The van der Waals surface area contributed by atoms with E-state index in [0.29, 0.717) is 0 Å². The van der Waals surface area contributed by atoms with Crippen molar-refractivity contribution < 1.29 is 0 Å². The molecule has 0 bridgehead atoms. The van der Waals surface area contributed by atoms with E-state index in [9.17, 15) is 0 Å².